The zero-order chi connectivity index (χ0) is 6.41. The molecule has 0 aliphatic heterocycles. The number of hydrogen-bond acceptors (Lipinski definition) is 2. The molecule has 0 aromatic heterocycles. The van der Waals surface area contributed by atoms with Crippen molar-refractivity contribution in [2.24, 2.45) is 4.99 Å². The molecule has 0 amide bonds. The van der Waals surface area contributed by atoms with E-state index in [0.29, 0.717) is 0 Å². The Hall–Kier alpha value is -0.240. The minimum absolute atomic E-state index is 1.29. The van der Waals surface area contributed by atoms with Gasteiger partial charge in [0.25, 0.3) is 0 Å². The van der Waals surface area contributed by atoms with Crippen LogP contribution in [0.15, 0.2) is 16.0 Å². The van der Waals surface area contributed by atoms with Gasteiger partial charge in [-0.25, -0.2) is 0 Å². The van der Waals surface area contributed by atoms with Gasteiger partial charge in [0.05, 0.1) is 5.55 Å². The minimum Gasteiger partial charge on any atom is -0.289 e. The molecule has 0 saturated heterocycles. The second-order valence-electron chi connectivity index (χ2n) is 1.38. The van der Waals surface area contributed by atoms with Crippen LogP contribution in [0, 0.1) is 0 Å². The smallest absolute Gasteiger partial charge is 0.0582 e. The molecular weight excluding hydrogens is 118 g/mol. The highest BCUT2D eigenvalue weighted by Crippen LogP contribution is 2.09. The molecule has 0 aromatic carbocycles. The first-order valence-corrected chi connectivity index (χ1v) is 3.39. The van der Waals surface area contributed by atoms with E-state index in [1.807, 2.05) is 12.5 Å². The molecule has 1 nitrogen and oxygen atoms in total. The fraction of sp³-hybridized carbons (Fsp3) is 0.500. The summed E-state index contributed by atoms with van der Waals surface area (Å²) in [7, 11) is 1.77. The van der Waals surface area contributed by atoms with Gasteiger partial charge >= 0.3 is 0 Å². The van der Waals surface area contributed by atoms with E-state index in [0.717, 1.165) is 0 Å². The van der Waals surface area contributed by atoms with Gasteiger partial charge in [-0.05, 0) is 18.8 Å². The lowest BCUT2D eigenvalue weighted by molar-refractivity contribution is 1.49. The highest BCUT2D eigenvalue weighted by molar-refractivity contribution is 8.15. The van der Waals surface area contributed by atoms with Crippen LogP contribution in [0.3, 0.4) is 0 Å². The van der Waals surface area contributed by atoms with Crippen LogP contribution < -0.4 is 0 Å². The Labute approximate surface area is 54.9 Å². The second kappa shape index (κ2) is 4.91. The Balaban J connectivity index is 3.40. The zero-order valence-electron chi connectivity index (χ0n) is 5.51. The summed E-state index contributed by atoms with van der Waals surface area (Å²) in [5.74, 6) is 0. The Morgan fingerprint density at radius 3 is 2.62 bits per heavy atom. The molecule has 0 aliphatic rings. The van der Waals surface area contributed by atoms with Gasteiger partial charge in [0.15, 0.2) is 0 Å². The lowest BCUT2D eigenvalue weighted by Gasteiger charge is -1.87. The predicted molar refractivity (Wildman–Crippen MR) is 41.4 cm³/mol. The highest BCUT2D eigenvalue weighted by atomic mass is 32.2. The Morgan fingerprint density at radius 2 is 2.25 bits per heavy atom. The summed E-state index contributed by atoms with van der Waals surface area (Å²) in [5.41, 5.74) is 1.83. The summed E-state index contributed by atoms with van der Waals surface area (Å²) in [6, 6.07) is 0. The molecule has 0 bridgehead atoms. The number of rotatable bonds is 2. The van der Waals surface area contributed by atoms with E-state index in [4.69, 9.17) is 0 Å². The largest absolute Gasteiger partial charge is 0.289 e. The second-order valence-corrected chi connectivity index (χ2v) is 2.47. The first-order valence-electron chi connectivity index (χ1n) is 2.51. The summed E-state index contributed by atoms with van der Waals surface area (Å²) in [6.07, 6.45) is 2.06. The maximum atomic E-state index is 3.82. The maximum absolute atomic E-state index is 3.82. The molecule has 0 saturated carbocycles. The van der Waals surface area contributed by atoms with Crippen molar-refractivity contribution in [3.63, 3.8) is 0 Å². The van der Waals surface area contributed by atoms with Crippen molar-refractivity contribution in [1.82, 2.24) is 0 Å². The summed E-state index contributed by atoms with van der Waals surface area (Å²) in [6.45, 7) is 4.08. The van der Waals surface area contributed by atoms with E-state index in [1.54, 1.807) is 18.8 Å². The summed E-state index contributed by atoms with van der Waals surface area (Å²) in [4.78, 5) is 5.11. The number of nitrogens with zero attached hydrogens (tertiary/aromatic N) is 1. The van der Waals surface area contributed by atoms with Crippen molar-refractivity contribution in [2.75, 3.05) is 7.05 Å². The summed E-state index contributed by atoms with van der Waals surface area (Å²) < 4.78 is 0. The quantitative estimate of drug-likeness (QED) is 0.411. The van der Waals surface area contributed by atoms with Gasteiger partial charge < -0.3 is 0 Å². The number of hydrogen-bond donors (Lipinski definition) is 0. The van der Waals surface area contributed by atoms with Crippen molar-refractivity contribution in [3.05, 3.63) is 11.0 Å². The Kier molecular flexibility index (Phi) is 4.76. The van der Waals surface area contributed by atoms with Gasteiger partial charge in [-0.15, -0.1) is 0 Å². The van der Waals surface area contributed by atoms with Gasteiger partial charge in [-0.2, -0.15) is 0 Å². The van der Waals surface area contributed by atoms with Crippen LogP contribution in [-0.4, -0.2) is 12.6 Å². The molecule has 0 atom stereocenters. The molecule has 46 valence electrons. The number of thioether (sulfide) groups is 1. The van der Waals surface area contributed by atoms with Gasteiger partial charge in [-0.1, -0.05) is 17.8 Å². The molecule has 0 aromatic rings. The van der Waals surface area contributed by atoms with Crippen LogP contribution in [0.2, 0.25) is 0 Å². The zero-order valence-corrected chi connectivity index (χ0v) is 6.33. The molecule has 2 heteroatoms. The predicted octanol–water partition coefficient (Wildman–Crippen LogP) is 2.30. The number of aliphatic imine (C=N–C) groups is 1. The summed E-state index contributed by atoms with van der Waals surface area (Å²) in [5, 5.41) is 0. The van der Waals surface area contributed by atoms with Crippen LogP contribution in [0.5, 0.6) is 0 Å². The van der Waals surface area contributed by atoms with Gasteiger partial charge in [0, 0.05) is 7.05 Å². The van der Waals surface area contributed by atoms with E-state index in [2.05, 4.69) is 18.0 Å². The number of allylic oxidation sites excluding steroid dienone is 2. The fourth-order valence-corrected chi connectivity index (χ4v) is 0.612. The van der Waals surface area contributed by atoms with Crippen LogP contribution in [-0.2, 0) is 0 Å². The van der Waals surface area contributed by atoms with Crippen LogP contribution in [0.25, 0.3) is 0 Å². The van der Waals surface area contributed by atoms with Gasteiger partial charge in [0.2, 0.25) is 0 Å². The average molecular weight is 129 g/mol. The minimum atomic E-state index is 1.29. The van der Waals surface area contributed by atoms with E-state index in [1.165, 1.54) is 4.91 Å². The molecule has 0 rings (SSSR count). The first-order chi connectivity index (χ1) is 3.81. The lowest BCUT2D eigenvalue weighted by atomic mass is 10.6. The molecule has 0 radical (unpaired) electrons. The standard InChI is InChI=1S/C6H11NS/c1-4-6(2)8-5-7-3/h4-5H,1-3H3/b6-4-,7-5-. The van der Waals surface area contributed by atoms with E-state index < -0.39 is 0 Å². The molecule has 0 N–H and O–H groups in total. The van der Waals surface area contributed by atoms with E-state index in [9.17, 15) is 0 Å². The highest BCUT2D eigenvalue weighted by Gasteiger charge is 1.79. The summed E-state index contributed by atoms with van der Waals surface area (Å²) >= 11 is 1.65. The average Bonchev–Trinajstić information content (AvgIpc) is 1.83. The SMILES string of the molecule is C/C=C(/C)S/C=N\C. The van der Waals surface area contributed by atoms with Crippen molar-refractivity contribution >= 4 is 17.3 Å². The van der Waals surface area contributed by atoms with Crippen molar-refractivity contribution in [1.29, 1.82) is 0 Å². The van der Waals surface area contributed by atoms with Crippen molar-refractivity contribution in [2.45, 2.75) is 13.8 Å². The van der Waals surface area contributed by atoms with Crippen molar-refractivity contribution < 1.29 is 0 Å². The molecule has 0 aliphatic carbocycles. The van der Waals surface area contributed by atoms with Crippen LogP contribution in [0.1, 0.15) is 13.8 Å². The van der Waals surface area contributed by atoms with Gasteiger partial charge in [-0.3, -0.25) is 4.99 Å². The van der Waals surface area contributed by atoms with Gasteiger partial charge in [0.1, 0.15) is 0 Å². The maximum Gasteiger partial charge on any atom is 0.0582 e. The first kappa shape index (κ1) is 7.76. The Bertz CT molecular complexity index is 105. The van der Waals surface area contributed by atoms with Crippen LogP contribution in [0.4, 0.5) is 0 Å². The van der Waals surface area contributed by atoms with E-state index in [-0.39, 0.29) is 0 Å². The van der Waals surface area contributed by atoms with Crippen LogP contribution >= 0.6 is 11.8 Å². The molecule has 8 heavy (non-hydrogen) atoms. The third-order valence-electron chi connectivity index (χ3n) is 0.751. The molecule has 0 unspecified atom stereocenters. The topological polar surface area (TPSA) is 12.4 Å². The third kappa shape index (κ3) is 3.93. The molecule has 0 spiro atoms. The molecule has 0 fully saturated rings. The third-order valence-corrected chi connectivity index (χ3v) is 1.67. The lowest BCUT2D eigenvalue weighted by Crippen LogP contribution is -1.64. The molecular formula is C6H11NS. The normalized spacial score (nSPS) is 13.1. The Morgan fingerprint density at radius 1 is 1.62 bits per heavy atom. The van der Waals surface area contributed by atoms with Crippen molar-refractivity contribution in [3.8, 4) is 0 Å². The fourth-order valence-electron chi connectivity index (χ4n) is 0.204. The molecule has 0 heterocycles. The van der Waals surface area contributed by atoms with E-state index >= 15 is 0 Å². The monoisotopic (exact) mass is 129 g/mol.